The highest BCUT2D eigenvalue weighted by atomic mass is 35.5. The Bertz CT molecular complexity index is 864. The van der Waals surface area contributed by atoms with Gasteiger partial charge in [0.05, 0.1) is 12.0 Å². The van der Waals surface area contributed by atoms with Crippen LogP contribution in [0.15, 0.2) is 24.3 Å². The SMILES string of the molecule is CCc1nc(Cl)cc(N2CCC3(CC2)CC(=O)c2cc(Cl)ccc2O3)n1. The van der Waals surface area contributed by atoms with Crippen molar-refractivity contribution in [2.24, 2.45) is 0 Å². The van der Waals surface area contributed by atoms with E-state index < -0.39 is 5.60 Å². The van der Waals surface area contributed by atoms with Gasteiger partial charge in [-0.15, -0.1) is 0 Å². The van der Waals surface area contributed by atoms with Crippen LogP contribution < -0.4 is 9.64 Å². The second kappa shape index (κ2) is 6.71. The number of halogens is 2. The lowest BCUT2D eigenvalue weighted by Crippen LogP contribution is -2.51. The number of hydrogen-bond donors (Lipinski definition) is 0. The summed E-state index contributed by atoms with van der Waals surface area (Å²) in [6, 6.07) is 7.04. The normalized spacial score (nSPS) is 18.6. The molecule has 0 bridgehead atoms. The monoisotopic (exact) mass is 391 g/mol. The van der Waals surface area contributed by atoms with Gasteiger partial charge in [0.1, 0.15) is 28.1 Å². The molecule has 1 spiro atoms. The summed E-state index contributed by atoms with van der Waals surface area (Å²) < 4.78 is 6.27. The van der Waals surface area contributed by atoms with Crippen LogP contribution in [-0.4, -0.2) is 34.4 Å². The van der Waals surface area contributed by atoms with Gasteiger partial charge in [-0.2, -0.15) is 0 Å². The molecule has 2 aliphatic rings. The standard InChI is InChI=1S/C19H19Cl2N3O2/c1-2-17-22-16(21)10-18(23-17)24-7-5-19(6-8-24)11-14(25)13-9-12(20)3-4-15(13)26-19/h3-4,9-10H,2,5-8,11H2,1H3. The number of benzene rings is 1. The van der Waals surface area contributed by atoms with Crippen LogP contribution in [0.5, 0.6) is 5.75 Å². The van der Waals surface area contributed by atoms with Crippen LogP contribution in [0.1, 0.15) is 42.4 Å². The first kappa shape index (κ1) is 17.6. The molecule has 0 saturated carbocycles. The van der Waals surface area contributed by atoms with Crippen LogP contribution >= 0.6 is 23.2 Å². The van der Waals surface area contributed by atoms with Gasteiger partial charge in [-0.3, -0.25) is 4.79 Å². The Kier molecular flexibility index (Phi) is 4.53. The van der Waals surface area contributed by atoms with Crippen LogP contribution in [0, 0.1) is 0 Å². The summed E-state index contributed by atoms with van der Waals surface area (Å²) in [5.74, 6) is 2.31. The quantitative estimate of drug-likeness (QED) is 0.712. The summed E-state index contributed by atoms with van der Waals surface area (Å²) in [6.07, 6.45) is 2.63. The number of ether oxygens (including phenoxy) is 1. The molecule has 2 aliphatic heterocycles. The number of fused-ring (bicyclic) bond motifs is 1. The van der Waals surface area contributed by atoms with Gasteiger partial charge in [-0.1, -0.05) is 30.1 Å². The smallest absolute Gasteiger partial charge is 0.170 e. The summed E-state index contributed by atoms with van der Waals surface area (Å²) in [5.41, 5.74) is 0.138. The van der Waals surface area contributed by atoms with Gasteiger partial charge in [0.2, 0.25) is 0 Å². The van der Waals surface area contributed by atoms with Gasteiger partial charge in [-0.25, -0.2) is 9.97 Å². The average molecular weight is 392 g/mol. The van der Waals surface area contributed by atoms with E-state index in [9.17, 15) is 4.79 Å². The van der Waals surface area contributed by atoms with E-state index in [2.05, 4.69) is 14.9 Å². The molecule has 1 saturated heterocycles. The van der Waals surface area contributed by atoms with Gasteiger partial charge >= 0.3 is 0 Å². The van der Waals surface area contributed by atoms with Crippen molar-refractivity contribution in [3.63, 3.8) is 0 Å². The number of nitrogens with zero attached hydrogens (tertiary/aromatic N) is 3. The third-order valence-corrected chi connectivity index (χ3v) is 5.52. The molecule has 5 nitrogen and oxygen atoms in total. The number of hydrogen-bond acceptors (Lipinski definition) is 5. The molecule has 0 unspecified atom stereocenters. The van der Waals surface area contributed by atoms with Crippen molar-refractivity contribution in [2.45, 2.75) is 38.2 Å². The van der Waals surface area contributed by atoms with E-state index >= 15 is 0 Å². The Morgan fingerprint density at radius 1 is 1.19 bits per heavy atom. The minimum atomic E-state index is -0.446. The molecular weight excluding hydrogens is 373 g/mol. The summed E-state index contributed by atoms with van der Waals surface area (Å²) in [7, 11) is 0. The van der Waals surface area contributed by atoms with Crippen molar-refractivity contribution in [1.82, 2.24) is 9.97 Å². The highest BCUT2D eigenvalue weighted by Gasteiger charge is 2.43. The second-order valence-corrected chi connectivity index (χ2v) is 7.65. The number of Topliss-reactive ketones (excluding diaryl/α,β-unsaturated/α-hetero) is 1. The van der Waals surface area contributed by atoms with E-state index in [1.165, 1.54) is 0 Å². The fourth-order valence-corrected chi connectivity index (χ4v) is 4.03. The number of anilines is 1. The number of ketones is 1. The minimum absolute atomic E-state index is 0.0977. The van der Waals surface area contributed by atoms with Crippen molar-refractivity contribution in [3.05, 3.63) is 45.8 Å². The van der Waals surface area contributed by atoms with E-state index in [1.54, 1.807) is 24.3 Å². The summed E-state index contributed by atoms with van der Waals surface area (Å²) in [6.45, 7) is 3.52. The van der Waals surface area contributed by atoms with E-state index in [4.69, 9.17) is 27.9 Å². The van der Waals surface area contributed by atoms with E-state index in [0.29, 0.717) is 27.9 Å². The van der Waals surface area contributed by atoms with Crippen LogP contribution in [0.25, 0.3) is 0 Å². The van der Waals surface area contributed by atoms with Gasteiger partial charge in [0.15, 0.2) is 5.78 Å². The molecule has 4 rings (SSSR count). The predicted molar refractivity (Wildman–Crippen MR) is 102 cm³/mol. The number of carbonyl (C=O) groups excluding carboxylic acids is 1. The fourth-order valence-electron chi connectivity index (χ4n) is 3.66. The fraction of sp³-hybridized carbons (Fsp3) is 0.421. The maximum Gasteiger partial charge on any atom is 0.170 e. The zero-order valence-electron chi connectivity index (χ0n) is 14.5. The van der Waals surface area contributed by atoms with Crippen molar-refractivity contribution in [3.8, 4) is 5.75 Å². The number of carbonyl (C=O) groups is 1. The highest BCUT2D eigenvalue weighted by molar-refractivity contribution is 6.31. The maximum atomic E-state index is 12.6. The molecule has 1 fully saturated rings. The first-order valence-electron chi connectivity index (χ1n) is 8.78. The first-order valence-corrected chi connectivity index (χ1v) is 9.54. The Morgan fingerprint density at radius 3 is 2.69 bits per heavy atom. The second-order valence-electron chi connectivity index (χ2n) is 6.83. The van der Waals surface area contributed by atoms with Crippen LogP contribution in [0.4, 0.5) is 5.82 Å². The molecule has 0 aliphatic carbocycles. The zero-order valence-corrected chi connectivity index (χ0v) is 16.0. The third kappa shape index (κ3) is 3.26. The largest absolute Gasteiger partial charge is 0.486 e. The molecule has 7 heteroatoms. The number of rotatable bonds is 2. The average Bonchev–Trinajstić information content (AvgIpc) is 2.62. The number of aryl methyl sites for hydroxylation is 1. The molecule has 0 N–H and O–H groups in total. The molecule has 26 heavy (non-hydrogen) atoms. The zero-order chi connectivity index (χ0) is 18.3. The van der Waals surface area contributed by atoms with Crippen LogP contribution in [0.3, 0.4) is 0 Å². The Labute approximate surface area is 162 Å². The first-order chi connectivity index (χ1) is 12.5. The van der Waals surface area contributed by atoms with Crippen LogP contribution in [0.2, 0.25) is 10.2 Å². The maximum absolute atomic E-state index is 12.6. The lowest BCUT2D eigenvalue weighted by molar-refractivity contribution is 0.0231. The van der Waals surface area contributed by atoms with Crippen molar-refractivity contribution in [2.75, 3.05) is 18.0 Å². The molecule has 2 aromatic rings. The van der Waals surface area contributed by atoms with Crippen molar-refractivity contribution < 1.29 is 9.53 Å². The molecule has 0 amide bonds. The van der Waals surface area contributed by atoms with Crippen molar-refractivity contribution in [1.29, 1.82) is 0 Å². The Hall–Kier alpha value is -1.85. The molecule has 1 aromatic carbocycles. The van der Waals surface area contributed by atoms with Gasteiger partial charge < -0.3 is 9.64 Å². The number of aromatic nitrogens is 2. The molecule has 0 atom stereocenters. The van der Waals surface area contributed by atoms with E-state index in [1.807, 2.05) is 6.92 Å². The topological polar surface area (TPSA) is 55.3 Å². The van der Waals surface area contributed by atoms with E-state index in [-0.39, 0.29) is 5.78 Å². The van der Waals surface area contributed by atoms with Gasteiger partial charge in [-0.05, 0) is 18.2 Å². The molecule has 0 radical (unpaired) electrons. The summed E-state index contributed by atoms with van der Waals surface area (Å²) >= 11 is 12.1. The van der Waals surface area contributed by atoms with Crippen LogP contribution in [-0.2, 0) is 6.42 Å². The predicted octanol–water partition coefficient (Wildman–Crippen LogP) is 4.35. The summed E-state index contributed by atoms with van der Waals surface area (Å²) in [5, 5.41) is 1.01. The van der Waals surface area contributed by atoms with E-state index in [0.717, 1.165) is 44.0 Å². The Morgan fingerprint density at radius 2 is 1.96 bits per heavy atom. The third-order valence-electron chi connectivity index (χ3n) is 5.09. The lowest BCUT2D eigenvalue weighted by Gasteiger charge is -2.44. The van der Waals surface area contributed by atoms with Gasteiger partial charge in [0.25, 0.3) is 0 Å². The molecule has 136 valence electrons. The summed E-state index contributed by atoms with van der Waals surface area (Å²) in [4.78, 5) is 23.6. The minimum Gasteiger partial charge on any atom is -0.486 e. The molecule has 1 aromatic heterocycles. The molecular formula is C19H19Cl2N3O2. The highest BCUT2D eigenvalue weighted by Crippen LogP contribution is 2.40. The van der Waals surface area contributed by atoms with Gasteiger partial charge in [0, 0.05) is 43.4 Å². The Balaban J connectivity index is 1.53. The lowest BCUT2D eigenvalue weighted by atomic mass is 9.82. The molecule has 3 heterocycles. The number of piperidine rings is 1. The van der Waals surface area contributed by atoms with Crippen molar-refractivity contribution >= 4 is 34.8 Å².